The third-order valence-corrected chi connectivity index (χ3v) is 5.92. The van der Waals surface area contributed by atoms with E-state index in [1.165, 1.54) is 12.1 Å². The number of nitrogens with one attached hydrogen (secondary N) is 1. The number of aliphatic hydroxyl groups is 1. The summed E-state index contributed by atoms with van der Waals surface area (Å²) >= 11 is 0. The average molecular weight is 496 g/mol. The molecular formula is C29H34FNO5. The molecule has 0 bridgehead atoms. The number of rotatable bonds is 12. The summed E-state index contributed by atoms with van der Waals surface area (Å²) in [5.74, 6) is -0.108. The summed E-state index contributed by atoms with van der Waals surface area (Å²) in [5.41, 5.74) is 2.16. The summed E-state index contributed by atoms with van der Waals surface area (Å²) in [6.07, 6.45) is -0.470. The molecule has 0 aliphatic heterocycles. The Hall–Kier alpha value is -3.26. The lowest BCUT2D eigenvalue weighted by molar-refractivity contribution is -0.00481. The zero-order valence-corrected chi connectivity index (χ0v) is 21.1. The van der Waals surface area contributed by atoms with Gasteiger partial charge in [0, 0.05) is 17.6 Å². The number of carboxylic acids is 1. The number of β-amino-alcohol motifs (C(OH)–C–C–N with tert-alkyl or cyclic N) is 1. The van der Waals surface area contributed by atoms with Gasteiger partial charge in [-0.2, -0.15) is 0 Å². The summed E-state index contributed by atoms with van der Waals surface area (Å²) in [6, 6.07) is 18.9. The van der Waals surface area contributed by atoms with Crippen LogP contribution in [0.15, 0.2) is 66.7 Å². The Labute approximate surface area is 211 Å². The molecule has 6 nitrogen and oxygen atoms in total. The van der Waals surface area contributed by atoms with Crippen molar-refractivity contribution in [2.75, 3.05) is 13.2 Å². The molecule has 2 atom stereocenters. The lowest BCUT2D eigenvalue weighted by Gasteiger charge is -2.28. The first-order valence-corrected chi connectivity index (χ1v) is 11.9. The van der Waals surface area contributed by atoms with Crippen molar-refractivity contribution < 1.29 is 28.9 Å². The number of carboxylic acid groups (broad SMARTS) is 1. The second kappa shape index (κ2) is 12.1. The molecular weight excluding hydrogens is 461 g/mol. The quantitative estimate of drug-likeness (QED) is 0.300. The summed E-state index contributed by atoms with van der Waals surface area (Å²) in [7, 11) is 0. The van der Waals surface area contributed by atoms with Crippen molar-refractivity contribution in [3.63, 3.8) is 0 Å². The van der Waals surface area contributed by atoms with E-state index in [2.05, 4.69) is 5.32 Å². The highest BCUT2D eigenvalue weighted by Crippen LogP contribution is 2.31. The molecule has 0 radical (unpaired) electrons. The van der Waals surface area contributed by atoms with Crippen LogP contribution in [-0.4, -0.2) is 41.0 Å². The monoisotopic (exact) mass is 495 g/mol. The number of carbonyl (C=O) groups is 1. The molecule has 192 valence electrons. The third kappa shape index (κ3) is 7.88. The Morgan fingerprint density at radius 2 is 1.78 bits per heavy atom. The fraction of sp³-hybridized carbons (Fsp3) is 0.345. The number of aromatic carboxylic acids is 1. The minimum Gasteiger partial charge on any atom is -0.478 e. The molecule has 0 aliphatic rings. The fourth-order valence-electron chi connectivity index (χ4n) is 3.82. The van der Waals surface area contributed by atoms with Crippen LogP contribution in [0, 0.1) is 12.7 Å². The first-order valence-electron chi connectivity index (χ1n) is 11.9. The van der Waals surface area contributed by atoms with Crippen LogP contribution in [-0.2, 0) is 11.2 Å². The topological polar surface area (TPSA) is 88.0 Å². The number of benzene rings is 3. The molecule has 36 heavy (non-hydrogen) atoms. The van der Waals surface area contributed by atoms with Crippen LogP contribution >= 0.6 is 0 Å². The van der Waals surface area contributed by atoms with Crippen molar-refractivity contribution in [3.8, 4) is 11.5 Å². The maximum Gasteiger partial charge on any atom is 0.335 e. The van der Waals surface area contributed by atoms with E-state index in [0.717, 1.165) is 11.1 Å². The van der Waals surface area contributed by atoms with Crippen LogP contribution in [0.25, 0.3) is 0 Å². The lowest BCUT2D eigenvalue weighted by atomic mass is 9.94. The van der Waals surface area contributed by atoms with Gasteiger partial charge in [0.25, 0.3) is 0 Å². The molecule has 7 heteroatoms. The van der Waals surface area contributed by atoms with Crippen LogP contribution < -0.4 is 10.1 Å². The Bertz CT molecular complexity index is 1160. The second-order valence-electron chi connectivity index (χ2n) is 9.62. The van der Waals surface area contributed by atoms with Gasteiger partial charge in [0.15, 0.2) is 0 Å². The van der Waals surface area contributed by atoms with Crippen molar-refractivity contribution >= 4 is 5.97 Å². The molecule has 3 rings (SSSR count). The predicted octanol–water partition coefficient (Wildman–Crippen LogP) is 5.67. The van der Waals surface area contributed by atoms with E-state index in [9.17, 15) is 14.3 Å². The van der Waals surface area contributed by atoms with Gasteiger partial charge in [-0.15, -0.1) is 0 Å². The summed E-state index contributed by atoms with van der Waals surface area (Å²) in [4.78, 5) is 11.1. The van der Waals surface area contributed by atoms with Gasteiger partial charge in [0.05, 0.1) is 24.4 Å². The molecule has 0 aliphatic carbocycles. The largest absolute Gasteiger partial charge is 0.478 e. The molecule has 3 aromatic carbocycles. The smallest absolute Gasteiger partial charge is 0.335 e. The zero-order valence-electron chi connectivity index (χ0n) is 21.1. The number of ether oxygens (including phenoxy) is 2. The normalized spacial score (nSPS) is 13.3. The second-order valence-corrected chi connectivity index (χ2v) is 9.62. The third-order valence-electron chi connectivity index (χ3n) is 5.92. The standard InChI is InChI=1S/C29H34FNO5/c1-19-9-10-21(15-26(19)30)16-29(3,4)31-17-23(32)18-35-20(2)25-7-5-6-8-27(25)36-24-13-11-22(12-14-24)28(33)34/h5-15,20,23,31-32H,16-18H2,1-4H3,(H,33,34)/t20-,23-/m1/s1. The van der Waals surface area contributed by atoms with Crippen molar-refractivity contribution in [2.45, 2.75) is 51.9 Å². The van der Waals surface area contributed by atoms with Gasteiger partial charge in [0.2, 0.25) is 0 Å². The van der Waals surface area contributed by atoms with Crippen molar-refractivity contribution in [1.29, 1.82) is 0 Å². The number of halogens is 1. The molecule has 0 amide bonds. The lowest BCUT2D eigenvalue weighted by Crippen LogP contribution is -2.46. The molecule has 0 aromatic heterocycles. The Morgan fingerprint density at radius 1 is 1.08 bits per heavy atom. The van der Waals surface area contributed by atoms with E-state index in [1.807, 2.05) is 51.1 Å². The van der Waals surface area contributed by atoms with E-state index in [1.54, 1.807) is 31.2 Å². The highest BCUT2D eigenvalue weighted by Gasteiger charge is 2.21. The summed E-state index contributed by atoms with van der Waals surface area (Å²) in [6.45, 7) is 8.08. The molecule has 0 unspecified atom stereocenters. The van der Waals surface area contributed by atoms with E-state index < -0.39 is 12.1 Å². The van der Waals surface area contributed by atoms with Gasteiger partial charge < -0.3 is 25.0 Å². The number of hydrogen-bond donors (Lipinski definition) is 3. The maximum atomic E-state index is 13.9. The van der Waals surface area contributed by atoms with Crippen LogP contribution in [0.3, 0.4) is 0 Å². The number of aryl methyl sites for hydroxylation is 1. The molecule has 0 spiro atoms. The Kier molecular flexibility index (Phi) is 9.20. The minimum absolute atomic E-state index is 0.116. The van der Waals surface area contributed by atoms with Gasteiger partial charge in [-0.25, -0.2) is 9.18 Å². The summed E-state index contributed by atoms with van der Waals surface area (Å²) < 4.78 is 25.8. The first-order chi connectivity index (χ1) is 17.0. The number of hydrogen-bond acceptors (Lipinski definition) is 5. The van der Waals surface area contributed by atoms with Crippen LogP contribution in [0.5, 0.6) is 11.5 Å². The van der Waals surface area contributed by atoms with Gasteiger partial charge in [-0.05, 0) is 81.6 Å². The number of aliphatic hydroxyl groups excluding tert-OH is 1. The molecule has 0 heterocycles. The Morgan fingerprint density at radius 3 is 2.44 bits per heavy atom. The van der Waals surface area contributed by atoms with Crippen LogP contribution in [0.4, 0.5) is 4.39 Å². The number of para-hydroxylation sites is 1. The fourth-order valence-corrected chi connectivity index (χ4v) is 3.82. The SMILES string of the molecule is Cc1ccc(CC(C)(C)NC[C@@H](O)CO[C@H](C)c2ccccc2Oc2ccc(C(=O)O)cc2)cc1F. The van der Waals surface area contributed by atoms with E-state index >= 15 is 0 Å². The van der Waals surface area contributed by atoms with Crippen molar-refractivity contribution in [2.24, 2.45) is 0 Å². The van der Waals surface area contributed by atoms with Gasteiger partial charge in [-0.3, -0.25) is 0 Å². The van der Waals surface area contributed by atoms with E-state index in [0.29, 0.717) is 30.0 Å². The molecule has 0 saturated carbocycles. The molecule has 0 fully saturated rings. The van der Waals surface area contributed by atoms with E-state index in [4.69, 9.17) is 14.6 Å². The maximum absolute atomic E-state index is 13.9. The van der Waals surface area contributed by atoms with Crippen LogP contribution in [0.2, 0.25) is 0 Å². The molecule has 3 aromatic rings. The van der Waals surface area contributed by atoms with E-state index in [-0.39, 0.29) is 29.6 Å². The molecule has 3 N–H and O–H groups in total. The van der Waals surface area contributed by atoms with Crippen molar-refractivity contribution in [1.82, 2.24) is 5.32 Å². The highest BCUT2D eigenvalue weighted by atomic mass is 19.1. The Balaban J connectivity index is 1.52. The first kappa shape index (κ1) is 27.3. The summed E-state index contributed by atoms with van der Waals surface area (Å²) in [5, 5.41) is 22.9. The van der Waals surface area contributed by atoms with Crippen molar-refractivity contribution in [3.05, 3.63) is 94.8 Å². The van der Waals surface area contributed by atoms with Gasteiger partial charge in [-0.1, -0.05) is 30.3 Å². The van der Waals surface area contributed by atoms with Gasteiger partial charge in [0.1, 0.15) is 17.3 Å². The van der Waals surface area contributed by atoms with Gasteiger partial charge >= 0.3 is 5.97 Å². The highest BCUT2D eigenvalue weighted by molar-refractivity contribution is 5.87. The minimum atomic E-state index is -0.996. The van der Waals surface area contributed by atoms with Crippen LogP contribution in [0.1, 0.15) is 53.9 Å². The zero-order chi connectivity index (χ0) is 26.3. The predicted molar refractivity (Wildman–Crippen MR) is 137 cm³/mol. The average Bonchev–Trinajstić information content (AvgIpc) is 2.84. The molecule has 0 saturated heterocycles.